The number of carbonyl (C=O) groups is 1. The largest absolute Gasteiger partial charge is 0.328 e. The van der Waals surface area contributed by atoms with E-state index in [1.807, 2.05) is 37.3 Å². The van der Waals surface area contributed by atoms with Gasteiger partial charge < -0.3 is 5.32 Å². The highest BCUT2D eigenvalue weighted by Crippen LogP contribution is 2.30. The SMILES string of the molecule is CC1=CCC(NC(=O)Cc2cccc3ncccc23)=C1c1ncn[nH]1. The van der Waals surface area contributed by atoms with E-state index < -0.39 is 0 Å². The van der Waals surface area contributed by atoms with Gasteiger partial charge in [-0.2, -0.15) is 5.10 Å². The van der Waals surface area contributed by atoms with E-state index in [2.05, 4.69) is 31.6 Å². The number of amides is 1. The van der Waals surface area contributed by atoms with E-state index in [0.29, 0.717) is 18.7 Å². The van der Waals surface area contributed by atoms with Crippen LogP contribution in [0.2, 0.25) is 0 Å². The van der Waals surface area contributed by atoms with Crippen molar-refractivity contribution in [3.63, 3.8) is 0 Å². The molecule has 0 saturated heterocycles. The molecule has 0 spiro atoms. The minimum absolute atomic E-state index is 0.0496. The molecule has 124 valence electrons. The highest BCUT2D eigenvalue weighted by atomic mass is 16.1. The van der Waals surface area contributed by atoms with Gasteiger partial charge in [-0.3, -0.25) is 14.9 Å². The maximum atomic E-state index is 12.6. The average Bonchev–Trinajstić information content (AvgIpc) is 3.25. The first kappa shape index (κ1) is 15.3. The summed E-state index contributed by atoms with van der Waals surface area (Å²) in [5, 5.41) is 10.8. The van der Waals surface area contributed by atoms with Crippen molar-refractivity contribution in [1.29, 1.82) is 0 Å². The predicted molar refractivity (Wildman–Crippen MR) is 95.3 cm³/mol. The predicted octanol–water partition coefficient (Wildman–Crippen LogP) is 2.77. The molecule has 25 heavy (non-hydrogen) atoms. The van der Waals surface area contributed by atoms with E-state index in [9.17, 15) is 4.79 Å². The molecule has 6 heteroatoms. The summed E-state index contributed by atoms with van der Waals surface area (Å²) >= 11 is 0. The Morgan fingerprint density at radius 1 is 1.24 bits per heavy atom. The first-order chi connectivity index (χ1) is 12.2. The van der Waals surface area contributed by atoms with Gasteiger partial charge in [-0.15, -0.1) is 0 Å². The van der Waals surface area contributed by atoms with Crippen LogP contribution in [-0.2, 0) is 11.2 Å². The summed E-state index contributed by atoms with van der Waals surface area (Å²) in [4.78, 5) is 21.1. The van der Waals surface area contributed by atoms with Gasteiger partial charge in [0.05, 0.1) is 11.9 Å². The Bertz CT molecular complexity index is 996. The number of carbonyl (C=O) groups excluding carboxylic acids is 1. The Morgan fingerprint density at radius 2 is 2.16 bits per heavy atom. The van der Waals surface area contributed by atoms with Crippen LogP contribution in [0.25, 0.3) is 16.5 Å². The van der Waals surface area contributed by atoms with Crippen LogP contribution >= 0.6 is 0 Å². The molecule has 1 amide bonds. The second-order valence-corrected chi connectivity index (χ2v) is 5.99. The number of nitrogens with one attached hydrogen (secondary N) is 2. The van der Waals surface area contributed by atoms with Gasteiger partial charge in [-0.25, -0.2) is 4.98 Å². The summed E-state index contributed by atoms with van der Waals surface area (Å²) in [6.45, 7) is 2.01. The third-order valence-electron chi connectivity index (χ3n) is 4.34. The minimum Gasteiger partial charge on any atom is -0.328 e. The molecule has 2 heterocycles. The molecule has 0 saturated carbocycles. The molecule has 3 aromatic rings. The number of fused-ring (bicyclic) bond motifs is 1. The molecule has 0 bridgehead atoms. The number of H-pyrrole nitrogens is 1. The van der Waals surface area contributed by atoms with Crippen molar-refractivity contribution in [2.24, 2.45) is 0 Å². The van der Waals surface area contributed by atoms with Crippen molar-refractivity contribution in [2.45, 2.75) is 19.8 Å². The number of aromatic nitrogens is 4. The second kappa shape index (κ2) is 6.32. The number of allylic oxidation sites excluding steroid dienone is 3. The lowest BCUT2D eigenvalue weighted by molar-refractivity contribution is -0.119. The maximum absolute atomic E-state index is 12.6. The monoisotopic (exact) mass is 331 g/mol. The molecule has 0 aliphatic heterocycles. The Morgan fingerprint density at radius 3 is 3.00 bits per heavy atom. The van der Waals surface area contributed by atoms with Crippen LogP contribution in [0.5, 0.6) is 0 Å². The minimum atomic E-state index is -0.0496. The molecule has 0 radical (unpaired) electrons. The molecule has 1 aromatic carbocycles. The van der Waals surface area contributed by atoms with E-state index in [4.69, 9.17) is 0 Å². The van der Waals surface area contributed by atoms with Crippen molar-refractivity contribution in [3.05, 3.63) is 71.6 Å². The number of hydrogen-bond donors (Lipinski definition) is 2. The van der Waals surface area contributed by atoms with Gasteiger partial charge in [0.2, 0.25) is 5.91 Å². The van der Waals surface area contributed by atoms with Crippen molar-refractivity contribution < 1.29 is 4.79 Å². The summed E-state index contributed by atoms with van der Waals surface area (Å²) in [5.74, 6) is 0.627. The lowest BCUT2D eigenvalue weighted by atomic mass is 10.0. The van der Waals surface area contributed by atoms with E-state index >= 15 is 0 Å². The van der Waals surface area contributed by atoms with E-state index in [0.717, 1.165) is 33.3 Å². The normalized spacial score (nSPS) is 14.0. The number of hydrogen-bond acceptors (Lipinski definition) is 4. The fraction of sp³-hybridized carbons (Fsp3) is 0.158. The van der Waals surface area contributed by atoms with Crippen molar-refractivity contribution in [3.8, 4) is 0 Å². The lowest BCUT2D eigenvalue weighted by Gasteiger charge is -2.10. The van der Waals surface area contributed by atoms with Crippen molar-refractivity contribution in [1.82, 2.24) is 25.5 Å². The highest BCUT2D eigenvalue weighted by Gasteiger charge is 2.20. The molecule has 2 aromatic heterocycles. The van der Waals surface area contributed by atoms with Crippen LogP contribution in [0.15, 0.2) is 60.2 Å². The maximum Gasteiger partial charge on any atom is 0.228 e. The van der Waals surface area contributed by atoms with Crippen LogP contribution in [0.1, 0.15) is 24.7 Å². The van der Waals surface area contributed by atoms with Crippen molar-refractivity contribution in [2.75, 3.05) is 0 Å². The van der Waals surface area contributed by atoms with Gasteiger partial charge in [0.15, 0.2) is 5.82 Å². The number of nitrogens with zero attached hydrogens (tertiary/aromatic N) is 3. The number of pyridine rings is 1. The van der Waals surface area contributed by atoms with Gasteiger partial charge in [0.1, 0.15) is 6.33 Å². The van der Waals surface area contributed by atoms with Crippen LogP contribution in [0.4, 0.5) is 0 Å². The Kier molecular flexibility index (Phi) is 3.85. The third-order valence-corrected chi connectivity index (χ3v) is 4.34. The molecule has 1 aliphatic rings. The lowest BCUT2D eigenvalue weighted by Crippen LogP contribution is -2.24. The third kappa shape index (κ3) is 2.94. The fourth-order valence-corrected chi connectivity index (χ4v) is 3.17. The summed E-state index contributed by atoms with van der Waals surface area (Å²) in [6.07, 6.45) is 6.29. The highest BCUT2D eigenvalue weighted by molar-refractivity contribution is 5.91. The Hall–Kier alpha value is -3.28. The first-order valence-electron chi connectivity index (χ1n) is 8.11. The van der Waals surface area contributed by atoms with E-state index in [1.165, 1.54) is 6.33 Å². The van der Waals surface area contributed by atoms with Crippen LogP contribution in [0, 0.1) is 0 Å². The van der Waals surface area contributed by atoms with Gasteiger partial charge in [-0.1, -0.05) is 24.3 Å². The summed E-state index contributed by atoms with van der Waals surface area (Å²) in [7, 11) is 0. The van der Waals surface area contributed by atoms with E-state index in [-0.39, 0.29) is 5.91 Å². The van der Waals surface area contributed by atoms with Crippen LogP contribution in [0.3, 0.4) is 0 Å². The first-order valence-corrected chi connectivity index (χ1v) is 8.11. The smallest absolute Gasteiger partial charge is 0.228 e. The standard InChI is InChI=1S/C19H17N5O/c1-12-7-8-16(18(12)19-21-11-22-24-19)23-17(25)10-13-4-2-6-15-14(13)5-3-9-20-15/h2-7,9,11H,8,10H2,1H3,(H,23,25)(H,21,22,24). The zero-order valence-electron chi connectivity index (χ0n) is 13.8. The molecule has 2 N–H and O–H groups in total. The summed E-state index contributed by atoms with van der Waals surface area (Å²) < 4.78 is 0. The quantitative estimate of drug-likeness (QED) is 0.770. The Labute approximate surface area is 144 Å². The van der Waals surface area contributed by atoms with Gasteiger partial charge >= 0.3 is 0 Å². The molecular formula is C19H17N5O. The Balaban J connectivity index is 1.58. The molecule has 0 atom stereocenters. The zero-order valence-corrected chi connectivity index (χ0v) is 13.8. The molecule has 6 nitrogen and oxygen atoms in total. The average molecular weight is 331 g/mol. The molecule has 4 rings (SSSR count). The van der Waals surface area contributed by atoms with Crippen molar-refractivity contribution >= 4 is 22.4 Å². The van der Waals surface area contributed by atoms with Gasteiger partial charge in [-0.05, 0) is 30.2 Å². The molecule has 0 fully saturated rings. The zero-order chi connectivity index (χ0) is 17.2. The summed E-state index contributed by atoms with van der Waals surface area (Å²) in [5.41, 5.74) is 4.73. The molecule has 1 aliphatic carbocycles. The number of benzene rings is 1. The van der Waals surface area contributed by atoms with Crippen LogP contribution in [-0.4, -0.2) is 26.1 Å². The number of rotatable bonds is 4. The fourth-order valence-electron chi connectivity index (χ4n) is 3.17. The van der Waals surface area contributed by atoms with E-state index in [1.54, 1.807) is 6.20 Å². The van der Waals surface area contributed by atoms with Crippen LogP contribution < -0.4 is 5.32 Å². The van der Waals surface area contributed by atoms with Gasteiger partial charge in [0, 0.05) is 29.3 Å². The summed E-state index contributed by atoms with van der Waals surface area (Å²) in [6, 6.07) is 9.72. The second-order valence-electron chi connectivity index (χ2n) is 5.99. The molecule has 0 unspecified atom stereocenters. The molecular weight excluding hydrogens is 314 g/mol. The topological polar surface area (TPSA) is 83.6 Å². The van der Waals surface area contributed by atoms with Gasteiger partial charge in [0.25, 0.3) is 0 Å². The number of aromatic amines is 1.